The van der Waals surface area contributed by atoms with Crippen molar-refractivity contribution in [2.24, 2.45) is 0 Å². The highest BCUT2D eigenvalue weighted by Gasteiger charge is 2.22. The van der Waals surface area contributed by atoms with Crippen molar-refractivity contribution < 1.29 is 9.59 Å². The highest BCUT2D eigenvalue weighted by atomic mass is 16.2. The SMILES string of the molecule is N#Cc1ccc(CN2CCC(NC(=O)c3ccc(C(=O)Nc4cccc(Cc5ccccc5)c4)cn3)CC2)cc1. The zero-order valence-corrected chi connectivity index (χ0v) is 22.2. The monoisotopic (exact) mass is 529 g/mol. The first-order valence-corrected chi connectivity index (χ1v) is 13.5. The number of pyridine rings is 1. The van der Waals surface area contributed by atoms with Crippen molar-refractivity contribution in [3.05, 3.63) is 131 Å². The lowest BCUT2D eigenvalue weighted by molar-refractivity contribution is 0.0902. The van der Waals surface area contributed by atoms with E-state index < -0.39 is 0 Å². The van der Waals surface area contributed by atoms with Crippen LogP contribution in [0.1, 0.15) is 55.9 Å². The Balaban J connectivity index is 1.10. The fourth-order valence-corrected chi connectivity index (χ4v) is 4.89. The van der Waals surface area contributed by atoms with Crippen molar-refractivity contribution in [2.75, 3.05) is 18.4 Å². The average Bonchev–Trinajstić information content (AvgIpc) is 2.99. The number of likely N-dealkylation sites (tertiary alicyclic amines) is 1. The molecule has 4 aromatic rings. The lowest BCUT2D eigenvalue weighted by atomic mass is 10.0. The predicted molar refractivity (Wildman–Crippen MR) is 155 cm³/mol. The third kappa shape index (κ3) is 7.19. The number of nitriles is 1. The molecule has 1 fully saturated rings. The number of hydrogen-bond acceptors (Lipinski definition) is 5. The largest absolute Gasteiger partial charge is 0.348 e. The Hall–Kier alpha value is -4.80. The first-order valence-electron chi connectivity index (χ1n) is 13.5. The van der Waals surface area contributed by atoms with Gasteiger partial charge in [0.1, 0.15) is 5.69 Å². The summed E-state index contributed by atoms with van der Waals surface area (Å²) >= 11 is 0. The molecule has 0 atom stereocenters. The molecule has 0 radical (unpaired) electrons. The van der Waals surface area contributed by atoms with Crippen LogP contribution in [0.5, 0.6) is 0 Å². The molecular formula is C33H31N5O2. The van der Waals surface area contributed by atoms with Crippen LogP contribution in [0.25, 0.3) is 0 Å². The lowest BCUT2D eigenvalue weighted by Gasteiger charge is -2.32. The zero-order chi connectivity index (χ0) is 27.7. The number of rotatable bonds is 8. The standard InChI is InChI=1S/C33H31N5O2/c34-21-25-9-11-26(12-10-25)23-38-17-15-29(16-18-38)36-33(40)31-14-13-28(22-35-31)32(39)37-30-8-4-7-27(20-30)19-24-5-2-1-3-6-24/h1-14,20,22,29H,15-19,23H2,(H,36,40)(H,37,39). The van der Waals surface area contributed by atoms with E-state index in [-0.39, 0.29) is 17.9 Å². The molecule has 40 heavy (non-hydrogen) atoms. The van der Waals surface area contributed by atoms with Gasteiger partial charge in [0.15, 0.2) is 0 Å². The average molecular weight is 530 g/mol. The van der Waals surface area contributed by atoms with E-state index in [1.54, 1.807) is 12.1 Å². The van der Waals surface area contributed by atoms with Crippen LogP contribution < -0.4 is 10.6 Å². The zero-order valence-electron chi connectivity index (χ0n) is 22.2. The Bertz CT molecular complexity index is 1490. The van der Waals surface area contributed by atoms with Gasteiger partial charge in [0.2, 0.25) is 0 Å². The molecule has 1 saturated heterocycles. The molecule has 3 aromatic carbocycles. The fourth-order valence-electron chi connectivity index (χ4n) is 4.89. The first-order chi connectivity index (χ1) is 19.6. The summed E-state index contributed by atoms with van der Waals surface area (Å²) in [5.41, 5.74) is 5.55. The van der Waals surface area contributed by atoms with Crippen LogP contribution in [-0.4, -0.2) is 40.8 Å². The molecule has 2 amide bonds. The van der Waals surface area contributed by atoms with E-state index in [0.717, 1.165) is 44.5 Å². The highest BCUT2D eigenvalue weighted by molar-refractivity contribution is 6.04. The molecule has 7 nitrogen and oxygen atoms in total. The van der Waals surface area contributed by atoms with E-state index in [0.29, 0.717) is 22.5 Å². The molecule has 7 heteroatoms. The van der Waals surface area contributed by atoms with E-state index in [1.807, 2.05) is 66.7 Å². The minimum absolute atomic E-state index is 0.0812. The van der Waals surface area contributed by atoms with Gasteiger partial charge in [-0.05, 0) is 72.4 Å². The van der Waals surface area contributed by atoms with E-state index in [1.165, 1.54) is 17.3 Å². The second kappa shape index (κ2) is 12.8. The van der Waals surface area contributed by atoms with Gasteiger partial charge in [-0.1, -0.05) is 54.6 Å². The summed E-state index contributed by atoms with van der Waals surface area (Å²) in [5, 5.41) is 15.0. The Kier molecular flexibility index (Phi) is 8.60. The molecule has 5 rings (SSSR count). The molecule has 2 N–H and O–H groups in total. The van der Waals surface area contributed by atoms with Crippen LogP contribution in [0.15, 0.2) is 97.2 Å². The van der Waals surface area contributed by atoms with Crippen LogP contribution in [0, 0.1) is 11.3 Å². The molecule has 1 aromatic heterocycles. The number of aromatic nitrogens is 1. The molecular weight excluding hydrogens is 498 g/mol. The highest BCUT2D eigenvalue weighted by Crippen LogP contribution is 2.17. The van der Waals surface area contributed by atoms with Crippen LogP contribution >= 0.6 is 0 Å². The van der Waals surface area contributed by atoms with Gasteiger partial charge in [-0.25, -0.2) is 0 Å². The van der Waals surface area contributed by atoms with Crippen LogP contribution in [0.4, 0.5) is 5.69 Å². The lowest BCUT2D eigenvalue weighted by Crippen LogP contribution is -2.44. The smallest absolute Gasteiger partial charge is 0.270 e. The van der Waals surface area contributed by atoms with Crippen molar-refractivity contribution in [3.8, 4) is 6.07 Å². The van der Waals surface area contributed by atoms with Crippen LogP contribution in [-0.2, 0) is 13.0 Å². The molecule has 0 saturated carbocycles. The summed E-state index contributed by atoms with van der Waals surface area (Å²) in [7, 11) is 0. The minimum atomic E-state index is -0.272. The summed E-state index contributed by atoms with van der Waals surface area (Å²) < 4.78 is 0. The van der Waals surface area contributed by atoms with Crippen molar-refractivity contribution in [1.82, 2.24) is 15.2 Å². The number of hydrogen-bond donors (Lipinski definition) is 2. The Morgan fingerprint density at radius 2 is 1.60 bits per heavy atom. The molecule has 200 valence electrons. The Morgan fingerprint density at radius 3 is 2.30 bits per heavy atom. The third-order valence-electron chi connectivity index (χ3n) is 7.11. The van der Waals surface area contributed by atoms with Gasteiger partial charge in [0.25, 0.3) is 11.8 Å². The van der Waals surface area contributed by atoms with Crippen LogP contribution in [0.3, 0.4) is 0 Å². The number of piperidine rings is 1. The van der Waals surface area contributed by atoms with Crippen molar-refractivity contribution in [3.63, 3.8) is 0 Å². The summed E-state index contributed by atoms with van der Waals surface area (Å²) in [5.74, 6) is -0.503. The maximum Gasteiger partial charge on any atom is 0.270 e. The fraction of sp³-hybridized carbons (Fsp3) is 0.212. The number of benzene rings is 3. The van der Waals surface area contributed by atoms with Gasteiger partial charge in [-0.3, -0.25) is 19.5 Å². The summed E-state index contributed by atoms with van der Waals surface area (Å²) in [4.78, 5) is 32.2. The molecule has 0 bridgehead atoms. The quantitative estimate of drug-likeness (QED) is 0.327. The molecule has 0 unspecified atom stereocenters. The van der Waals surface area contributed by atoms with Gasteiger partial charge in [-0.2, -0.15) is 5.26 Å². The maximum atomic E-state index is 12.8. The summed E-state index contributed by atoms with van der Waals surface area (Å²) in [6, 6.07) is 31.1. The van der Waals surface area contributed by atoms with Crippen molar-refractivity contribution in [1.29, 1.82) is 5.26 Å². The number of carbonyl (C=O) groups is 2. The molecule has 2 heterocycles. The number of carbonyl (C=O) groups excluding carboxylic acids is 2. The predicted octanol–water partition coefficient (Wildman–Crippen LogP) is 5.19. The number of anilines is 1. The molecule has 0 aliphatic carbocycles. The molecule has 0 spiro atoms. The summed E-state index contributed by atoms with van der Waals surface area (Å²) in [6.07, 6.45) is 3.93. The van der Waals surface area contributed by atoms with Crippen molar-refractivity contribution in [2.45, 2.75) is 31.8 Å². The van der Waals surface area contributed by atoms with Gasteiger partial charge < -0.3 is 10.6 Å². The number of nitrogens with one attached hydrogen (secondary N) is 2. The minimum Gasteiger partial charge on any atom is -0.348 e. The van der Waals surface area contributed by atoms with Gasteiger partial charge in [-0.15, -0.1) is 0 Å². The Morgan fingerprint density at radius 1 is 0.850 bits per heavy atom. The first kappa shape index (κ1) is 26.8. The van der Waals surface area contributed by atoms with Crippen LogP contribution in [0.2, 0.25) is 0 Å². The van der Waals surface area contributed by atoms with E-state index in [4.69, 9.17) is 5.26 Å². The normalized spacial score (nSPS) is 13.8. The van der Waals surface area contributed by atoms with Gasteiger partial charge in [0, 0.05) is 37.6 Å². The molecule has 1 aliphatic rings. The second-order valence-corrected chi connectivity index (χ2v) is 10.1. The van der Waals surface area contributed by atoms with E-state index >= 15 is 0 Å². The van der Waals surface area contributed by atoms with E-state index in [2.05, 4.69) is 38.7 Å². The van der Waals surface area contributed by atoms with Gasteiger partial charge in [0.05, 0.1) is 17.2 Å². The number of amides is 2. The maximum absolute atomic E-state index is 12.8. The van der Waals surface area contributed by atoms with Gasteiger partial charge >= 0.3 is 0 Å². The molecule has 1 aliphatic heterocycles. The topological polar surface area (TPSA) is 98.1 Å². The number of nitrogens with zero attached hydrogens (tertiary/aromatic N) is 3. The third-order valence-corrected chi connectivity index (χ3v) is 7.11. The van der Waals surface area contributed by atoms with Crippen molar-refractivity contribution >= 4 is 17.5 Å². The summed E-state index contributed by atoms with van der Waals surface area (Å²) in [6.45, 7) is 2.59. The Labute approximate surface area is 234 Å². The second-order valence-electron chi connectivity index (χ2n) is 10.1. The van der Waals surface area contributed by atoms with E-state index in [9.17, 15) is 9.59 Å².